The standard InChI is InChI=1S/C16H30N4O/c1-12-14(11-17-16(2,3)4)15(19(5)18-12)20(9-10-21)13-7-6-8-13/h13,17,21H,6-11H2,1-5H3. The highest BCUT2D eigenvalue weighted by molar-refractivity contribution is 5.51. The Bertz CT molecular complexity index is 471. The van der Waals surface area contributed by atoms with Crippen molar-refractivity contribution in [2.75, 3.05) is 18.1 Å². The molecular formula is C16H30N4O. The molecule has 0 spiro atoms. The number of nitrogens with zero attached hydrogens (tertiary/aromatic N) is 3. The molecule has 1 aromatic heterocycles. The van der Waals surface area contributed by atoms with Crippen molar-refractivity contribution in [1.29, 1.82) is 0 Å². The van der Waals surface area contributed by atoms with Crippen LogP contribution >= 0.6 is 0 Å². The molecule has 0 saturated heterocycles. The van der Waals surface area contributed by atoms with Crippen LogP contribution in [-0.4, -0.2) is 39.6 Å². The third kappa shape index (κ3) is 3.77. The maximum Gasteiger partial charge on any atom is 0.131 e. The van der Waals surface area contributed by atoms with E-state index in [1.54, 1.807) is 0 Å². The van der Waals surface area contributed by atoms with Gasteiger partial charge in [0, 0.05) is 37.3 Å². The van der Waals surface area contributed by atoms with E-state index in [-0.39, 0.29) is 12.1 Å². The zero-order valence-electron chi connectivity index (χ0n) is 14.1. The zero-order valence-corrected chi connectivity index (χ0v) is 14.1. The van der Waals surface area contributed by atoms with E-state index >= 15 is 0 Å². The van der Waals surface area contributed by atoms with E-state index in [9.17, 15) is 5.11 Å². The first-order valence-electron chi connectivity index (χ1n) is 7.98. The molecule has 0 unspecified atom stereocenters. The number of aryl methyl sites for hydroxylation is 2. The number of hydrogen-bond donors (Lipinski definition) is 2. The summed E-state index contributed by atoms with van der Waals surface area (Å²) in [5.41, 5.74) is 2.41. The van der Waals surface area contributed by atoms with Gasteiger partial charge in [0.25, 0.3) is 0 Å². The smallest absolute Gasteiger partial charge is 0.131 e. The molecule has 1 fully saturated rings. The van der Waals surface area contributed by atoms with Gasteiger partial charge in [0.1, 0.15) is 5.82 Å². The first-order valence-corrected chi connectivity index (χ1v) is 7.98. The molecule has 0 radical (unpaired) electrons. The van der Waals surface area contributed by atoms with Gasteiger partial charge in [-0.15, -0.1) is 0 Å². The summed E-state index contributed by atoms with van der Waals surface area (Å²) in [4.78, 5) is 2.35. The monoisotopic (exact) mass is 294 g/mol. The summed E-state index contributed by atoms with van der Waals surface area (Å²) in [5.74, 6) is 1.17. The number of anilines is 1. The van der Waals surface area contributed by atoms with Crippen LogP contribution in [0.1, 0.15) is 51.3 Å². The summed E-state index contributed by atoms with van der Waals surface area (Å²) < 4.78 is 1.98. The van der Waals surface area contributed by atoms with Crippen molar-refractivity contribution in [1.82, 2.24) is 15.1 Å². The van der Waals surface area contributed by atoms with E-state index in [4.69, 9.17) is 0 Å². The van der Waals surface area contributed by atoms with Crippen molar-refractivity contribution >= 4 is 5.82 Å². The maximum atomic E-state index is 9.43. The Kier molecular flexibility index (Phi) is 4.94. The SMILES string of the molecule is Cc1nn(C)c(N(CCO)C2CCC2)c1CNC(C)(C)C. The average Bonchev–Trinajstić information content (AvgIpc) is 2.57. The molecule has 0 aromatic carbocycles. The van der Waals surface area contributed by atoms with Crippen LogP contribution in [0.5, 0.6) is 0 Å². The van der Waals surface area contributed by atoms with Gasteiger partial charge in [0.15, 0.2) is 0 Å². The highest BCUT2D eigenvalue weighted by Crippen LogP contribution is 2.32. The van der Waals surface area contributed by atoms with Gasteiger partial charge in [-0.25, -0.2) is 0 Å². The lowest BCUT2D eigenvalue weighted by Gasteiger charge is -2.39. The molecule has 1 aliphatic carbocycles. The van der Waals surface area contributed by atoms with E-state index < -0.39 is 0 Å². The van der Waals surface area contributed by atoms with Crippen LogP contribution < -0.4 is 10.2 Å². The van der Waals surface area contributed by atoms with E-state index in [1.165, 1.54) is 30.6 Å². The van der Waals surface area contributed by atoms with Crippen molar-refractivity contribution < 1.29 is 5.11 Å². The first-order chi connectivity index (χ1) is 9.83. The van der Waals surface area contributed by atoms with Crippen LogP contribution in [0.25, 0.3) is 0 Å². The average molecular weight is 294 g/mol. The highest BCUT2D eigenvalue weighted by Gasteiger charge is 2.29. The summed E-state index contributed by atoms with van der Waals surface area (Å²) in [7, 11) is 2.01. The van der Waals surface area contributed by atoms with Crippen LogP contribution in [0.2, 0.25) is 0 Å². The normalized spacial score (nSPS) is 16.1. The van der Waals surface area contributed by atoms with Crippen LogP contribution in [-0.2, 0) is 13.6 Å². The molecule has 1 heterocycles. The molecule has 1 saturated carbocycles. The topological polar surface area (TPSA) is 53.3 Å². The molecule has 1 aromatic rings. The number of rotatable bonds is 6. The molecule has 0 atom stereocenters. The number of hydrogen-bond acceptors (Lipinski definition) is 4. The summed E-state index contributed by atoms with van der Waals surface area (Å²) in [6.45, 7) is 10.3. The summed E-state index contributed by atoms with van der Waals surface area (Å²) in [6.07, 6.45) is 3.73. The van der Waals surface area contributed by atoms with Gasteiger partial charge in [0.05, 0.1) is 12.3 Å². The third-order valence-electron chi connectivity index (χ3n) is 4.24. The number of nitrogens with one attached hydrogen (secondary N) is 1. The van der Waals surface area contributed by atoms with Gasteiger partial charge in [0.2, 0.25) is 0 Å². The quantitative estimate of drug-likeness (QED) is 0.842. The van der Waals surface area contributed by atoms with E-state index in [1.807, 2.05) is 11.7 Å². The molecule has 120 valence electrons. The predicted octanol–water partition coefficient (Wildman–Crippen LogP) is 1.97. The molecule has 1 aliphatic rings. The van der Waals surface area contributed by atoms with Gasteiger partial charge < -0.3 is 15.3 Å². The van der Waals surface area contributed by atoms with Gasteiger partial charge in [-0.1, -0.05) is 0 Å². The Hall–Kier alpha value is -1.07. The predicted molar refractivity (Wildman–Crippen MR) is 86.6 cm³/mol. The number of aliphatic hydroxyl groups is 1. The lowest BCUT2D eigenvalue weighted by molar-refractivity contribution is 0.281. The Morgan fingerprint density at radius 3 is 2.52 bits per heavy atom. The van der Waals surface area contributed by atoms with Gasteiger partial charge in [-0.05, 0) is 47.0 Å². The highest BCUT2D eigenvalue weighted by atomic mass is 16.3. The Morgan fingerprint density at radius 2 is 2.05 bits per heavy atom. The van der Waals surface area contributed by atoms with Crippen molar-refractivity contribution in [3.8, 4) is 0 Å². The van der Waals surface area contributed by atoms with Gasteiger partial charge in [-0.2, -0.15) is 5.10 Å². The lowest BCUT2D eigenvalue weighted by Crippen LogP contribution is -2.44. The van der Waals surface area contributed by atoms with Crippen molar-refractivity contribution in [3.05, 3.63) is 11.3 Å². The fraction of sp³-hybridized carbons (Fsp3) is 0.812. The van der Waals surface area contributed by atoms with Crippen molar-refractivity contribution in [2.24, 2.45) is 7.05 Å². The third-order valence-corrected chi connectivity index (χ3v) is 4.24. The molecule has 0 aliphatic heterocycles. The van der Waals surface area contributed by atoms with Crippen molar-refractivity contribution in [2.45, 2.75) is 65.1 Å². The summed E-state index contributed by atoms with van der Waals surface area (Å²) >= 11 is 0. The summed E-state index contributed by atoms with van der Waals surface area (Å²) in [6, 6.07) is 0.556. The first kappa shape index (κ1) is 16.3. The fourth-order valence-corrected chi connectivity index (χ4v) is 2.88. The molecule has 5 nitrogen and oxygen atoms in total. The second kappa shape index (κ2) is 6.36. The summed E-state index contributed by atoms with van der Waals surface area (Å²) in [5, 5.41) is 17.6. The Balaban J connectivity index is 2.27. The Labute approximate surface area is 128 Å². The van der Waals surface area contributed by atoms with E-state index in [0.29, 0.717) is 12.6 Å². The van der Waals surface area contributed by atoms with E-state index in [2.05, 4.69) is 43.0 Å². The van der Waals surface area contributed by atoms with Crippen LogP contribution in [0.4, 0.5) is 5.82 Å². The van der Waals surface area contributed by atoms with Crippen molar-refractivity contribution in [3.63, 3.8) is 0 Å². The molecule has 21 heavy (non-hydrogen) atoms. The van der Waals surface area contributed by atoms with Crippen LogP contribution in [0, 0.1) is 6.92 Å². The number of aliphatic hydroxyl groups excluding tert-OH is 1. The largest absolute Gasteiger partial charge is 0.395 e. The molecule has 2 N–H and O–H groups in total. The lowest BCUT2D eigenvalue weighted by atomic mass is 9.91. The molecule has 5 heteroatoms. The van der Waals surface area contributed by atoms with Gasteiger partial charge >= 0.3 is 0 Å². The molecule has 0 amide bonds. The van der Waals surface area contributed by atoms with E-state index in [0.717, 1.165) is 12.2 Å². The Morgan fingerprint density at radius 1 is 1.38 bits per heavy atom. The fourth-order valence-electron chi connectivity index (χ4n) is 2.88. The zero-order chi connectivity index (χ0) is 15.6. The van der Waals surface area contributed by atoms with Crippen LogP contribution in [0.3, 0.4) is 0 Å². The molecule has 0 bridgehead atoms. The minimum atomic E-state index is 0.0812. The minimum absolute atomic E-state index is 0.0812. The second-order valence-corrected chi connectivity index (χ2v) is 7.12. The molecular weight excluding hydrogens is 264 g/mol. The number of aromatic nitrogens is 2. The second-order valence-electron chi connectivity index (χ2n) is 7.12. The minimum Gasteiger partial charge on any atom is -0.395 e. The maximum absolute atomic E-state index is 9.43. The molecule has 2 rings (SSSR count). The van der Waals surface area contributed by atoms with Gasteiger partial charge in [-0.3, -0.25) is 4.68 Å². The van der Waals surface area contributed by atoms with Crippen LogP contribution in [0.15, 0.2) is 0 Å².